The molecule has 1 aromatic heterocycles. The van der Waals surface area contributed by atoms with E-state index in [9.17, 15) is 20.0 Å². The third kappa shape index (κ3) is 6.18. The zero-order chi connectivity index (χ0) is 22.1. The van der Waals surface area contributed by atoms with Gasteiger partial charge in [0.05, 0.1) is 6.07 Å². The molecule has 1 aliphatic rings. The number of unbranched alkanes of at least 4 members (excludes halogenated alkanes) is 2. The maximum Gasteiger partial charge on any atom is 0.508 e. The van der Waals surface area contributed by atoms with Gasteiger partial charge >= 0.3 is 11.8 Å². The smallest absolute Gasteiger partial charge is 0.431 e. The first-order valence-corrected chi connectivity index (χ1v) is 10.3. The van der Waals surface area contributed by atoms with Crippen LogP contribution in [0.25, 0.3) is 0 Å². The highest BCUT2D eigenvalue weighted by Crippen LogP contribution is 2.33. The van der Waals surface area contributed by atoms with E-state index in [4.69, 9.17) is 19.9 Å². The first kappa shape index (κ1) is 23.6. The third-order valence-electron chi connectivity index (χ3n) is 5.03. The average Bonchev–Trinajstić information content (AvgIpc) is 3.03. The van der Waals surface area contributed by atoms with Gasteiger partial charge in [0, 0.05) is 6.20 Å². The van der Waals surface area contributed by atoms with E-state index in [-0.39, 0.29) is 18.5 Å². The average molecular weight is 422 g/mol. The SMILES string of the molecule is CCCCC(CCCC)OC(=O)OC[C@H]1O[C@@H](n2ccc(N)nc2=O)[C@@H](C#N)[C@@H]1O. The van der Waals surface area contributed by atoms with E-state index >= 15 is 0 Å². The number of hydrogen-bond donors (Lipinski definition) is 2. The fourth-order valence-electron chi connectivity index (χ4n) is 3.33. The molecule has 10 nitrogen and oxygen atoms in total. The lowest BCUT2D eigenvalue weighted by Gasteiger charge is -2.19. The van der Waals surface area contributed by atoms with Crippen LogP contribution in [0, 0.1) is 17.2 Å². The number of ether oxygens (including phenoxy) is 3. The van der Waals surface area contributed by atoms with Gasteiger partial charge in [-0.05, 0) is 18.9 Å². The largest absolute Gasteiger partial charge is 0.508 e. The molecular weight excluding hydrogens is 392 g/mol. The lowest BCUT2D eigenvalue weighted by molar-refractivity contribution is -0.0646. The van der Waals surface area contributed by atoms with Crippen LogP contribution in [0.1, 0.15) is 58.6 Å². The summed E-state index contributed by atoms with van der Waals surface area (Å²) in [4.78, 5) is 27.8. The van der Waals surface area contributed by atoms with Gasteiger partial charge in [0.15, 0.2) is 6.23 Å². The maximum absolute atomic E-state index is 12.1. The molecule has 0 amide bonds. The van der Waals surface area contributed by atoms with Gasteiger partial charge in [0.25, 0.3) is 0 Å². The van der Waals surface area contributed by atoms with Gasteiger partial charge in [-0.3, -0.25) is 4.57 Å². The molecule has 1 saturated heterocycles. The molecule has 166 valence electrons. The molecule has 0 aliphatic carbocycles. The molecule has 10 heteroatoms. The van der Waals surface area contributed by atoms with Crippen molar-refractivity contribution in [3.05, 3.63) is 22.7 Å². The molecular formula is C20H30N4O6. The minimum atomic E-state index is -1.26. The number of nitrogen functional groups attached to an aromatic ring is 1. The number of aliphatic hydroxyl groups excluding tert-OH is 1. The molecule has 1 aliphatic heterocycles. The number of rotatable bonds is 10. The summed E-state index contributed by atoms with van der Waals surface area (Å²) in [5.41, 5.74) is 4.77. The van der Waals surface area contributed by atoms with Crippen molar-refractivity contribution >= 4 is 12.0 Å². The van der Waals surface area contributed by atoms with Crippen LogP contribution in [0.5, 0.6) is 0 Å². The van der Waals surface area contributed by atoms with Crippen LogP contribution in [-0.4, -0.2) is 45.7 Å². The summed E-state index contributed by atoms with van der Waals surface area (Å²) in [5.74, 6) is -1.01. The molecule has 0 radical (unpaired) electrons. The van der Waals surface area contributed by atoms with Gasteiger partial charge in [0.2, 0.25) is 0 Å². The van der Waals surface area contributed by atoms with Crippen molar-refractivity contribution in [1.82, 2.24) is 9.55 Å². The quantitative estimate of drug-likeness (QED) is 0.540. The van der Waals surface area contributed by atoms with Gasteiger partial charge in [-0.15, -0.1) is 0 Å². The molecule has 0 unspecified atom stereocenters. The molecule has 0 aromatic carbocycles. The fourth-order valence-corrected chi connectivity index (χ4v) is 3.33. The van der Waals surface area contributed by atoms with E-state index in [0.717, 1.165) is 43.1 Å². The van der Waals surface area contributed by atoms with Crippen molar-refractivity contribution in [3.8, 4) is 6.07 Å². The van der Waals surface area contributed by atoms with Crippen molar-refractivity contribution in [2.75, 3.05) is 12.3 Å². The number of aliphatic hydroxyl groups is 1. The molecule has 0 bridgehead atoms. The van der Waals surface area contributed by atoms with Crippen LogP contribution in [0.15, 0.2) is 17.1 Å². The van der Waals surface area contributed by atoms with Gasteiger partial charge in [-0.25, -0.2) is 9.59 Å². The summed E-state index contributed by atoms with van der Waals surface area (Å²) in [6.45, 7) is 3.83. The number of hydrogen-bond acceptors (Lipinski definition) is 9. The molecule has 30 heavy (non-hydrogen) atoms. The van der Waals surface area contributed by atoms with Gasteiger partial charge in [-0.2, -0.15) is 10.2 Å². The highest BCUT2D eigenvalue weighted by molar-refractivity contribution is 5.60. The van der Waals surface area contributed by atoms with Crippen molar-refractivity contribution in [2.24, 2.45) is 5.92 Å². The molecule has 1 aromatic rings. The molecule has 3 N–H and O–H groups in total. The topological polar surface area (TPSA) is 150 Å². The first-order valence-electron chi connectivity index (χ1n) is 10.3. The zero-order valence-corrected chi connectivity index (χ0v) is 17.4. The summed E-state index contributed by atoms with van der Waals surface area (Å²) in [6.07, 6.45) is 2.39. The zero-order valence-electron chi connectivity index (χ0n) is 17.4. The Kier molecular flexibility index (Phi) is 9.08. The Morgan fingerprint density at radius 1 is 1.40 bits per heavy atom. The van der Waals surface area contributed by atoms with E-state index in [1.54, 1.807) is 0 Å². The molecule has 4 atom stereocenters. The normalized spacial score (nSPS) is 23.3. The predicted octanol–water partition coefficient (Wildman–Crippen LogP) is 2.13. The molecule has 2 rings (SSSR count). The Bertz CT molecular complexity index is 784. The van der Waals surface area contributed by atoms with Crippen LogP contribution in [0.4, 0.5) is 10.6 Å². The van der Waals surface area contributed by atoms with Crippen LogP contribution < -0.4 is 11.4 Å². The van der Waals surface area contributed by atoms with Gasteiger partial charge in [0.1, 0.15) is 36.7 Å². The Morgan fingerprint density at radius 2 is 2.07 bits per heavy atom. The van der Waals surface area contributed by atoms with Crippen molar-refractivity contribution in [3.63, 3.8) is 0 Å². The Hall–Kier alpha value is -2.64. The third-order valence-corrected chi connectivity index (χ3v) is 5.03. The van der Waals surface area contributed by atoms with Crippen LogP contribution >= 0.6 is 0 Å². The summed E-state index contributed by atoms with van der Waals surface area (Å²) < 4.78 is 17.3. The van der Waals surface area contributed by atoms with Crippen LogP contribution in [0.3, 0.4) is 0 Å². The van der Waals surface area contributed by atoms with E-state index in [2.05, 4.69) is 18.8 Å². The number of nitrogens with zero attached hydrogens (tertiary/aromatic N) is 3. The summed E-state index contributed by atoms with van der Waals surface area (Å²) >= 11 is 0. The summed E-state index contributed by atoms with van der Waals surface area (Å²) in [7, 11) is 0. The van der Waals surface area contributed by atoms with E-state index in [1.807, 2.05) is 6.07 Å². The van der Waals surface area contributed by atoms with Gasteiger partial charge in [-0.1, -0.05) is 39.5 Å². The van der Waals surface area contributed by atoms with Crippen molar-refractivity contribution < 1.29 is 24.1 Å². The Morgan fingerprint density at radius 3 is 2.63 bits per heavy atom. The van der Waals surface area contributed by atoms with E-state index in [1.165, 1.54) is 12.3 Å². The lowest BCUT2D eigenvalue weighted by atomic mass is 10.0. The molecule has 2 heterocycles. The fraction of sp³-hybridized carbons (Fsp3) is 0.700. The highest BCUT2D eigenvalue weighted by atomic mass is 16.7. The number of nitrogens with two attached hydrogens (primary N) is 1. The van der Waals surface area contributed by atoms with Crippen LogP contribution in [-0.2, 0) is 14.2 Å². The van der Waals surface area contributed by atoms with E-state index in [0.29, 0.717) is 0 Å². The number of nitriles is 1. The number of carbonyl (C=O) groups excluding carboxylic acids is 1. The monoisotopic (exact) mass is 422 g/mol. The second-order valence-corrected chi connectivity index (χ2v) is 7.34. The Balaban J connectivity index is 1.96. The van der Waals surface area contributed by atoms with E-state index < -0.39 is 36.2 Å². The lowest BCUT2D eigenvalue weighted by Crippen LogP contribution is -2.32. The molecule has 0 spiro atoms. The second kappa shape index (κ2) is 11.5. The number of aromatic nitrogens is 2. The standard InChI is InChI=1S/C20H30N4O6/c1-3-5-7-13(8-6-4-2)29-20(27)28-12-15-17(25)14(11-21)18(30-15)24-10-9-16(22)23-19(24)26/h9-10,13-15,17-18,25H,3-8,12H2,1-2H3,(H2,22,23,26)/t14-,15+,17-,18+/m0/s1. The second-order valence-electron chi connectivity index (χ2n) is 7.34. The van der Waals surface area contributed by atoms with Crippen molar-refractivity contribution in [2.45, 2.75) is 76.9 Å². The minimum absolute atomic E-state index is 0.0339. The molecule has 1 fully saturated rings. The highest BCUT2D eigenvalue weighted by Gasteiger charge is 2.46. The summed E-state index contributed by atoms with van der Waals surface area (Å²) in [6, 6.07) is 3.32. The Labute approximate surface area is 175 Å². The van der Waals surface area contributed by atoms with Gasteiger partial charge < -0.3 is 25.1 Å². The predicted molar refractivity (Wildman–Crippen MR) is 107 cm³/mol. The number of anilines is 1. The van der Waals surface area contributed by atoms with Crippen LogP contribution in [0.2, 0.25) is 0 Å². The maximum atomic E-state index is 12.1. The number of carbonyl (C=O) groups is 1. The van der Waals surface area contributed by atoms with Crippen molar-refractivity contribution in [1.29, 1.82) is 5.26 Å². The minimum Gasteiger partial charge on any atom is -0.431 e. The molecule has 0 saturated carbocycles. The first-order chi connectivity index (χ1) is 14.4. The summed E-state index contributed by atoms with van der Waals surface area (Å²) in [5, 5.41) is 19.8.